The Balaban J connectivity index is 2.51. The lowest BCUT2D eigenvalue weighted by Crippen LogP contribution is -2.08. The number of rotatable bonds is 0. The topological polar surface area (TPSA) is 56.0 Å². The minimum atomic E-state index is 0.0912. The molecule has 3 rings (SSSR count). The van der Waals surface area contributed by atoms with Gasteiger partial charge in [0.05, 0.1) is 11.3 Å². The van der Waals surface area contributed by atoms with Crippen molar-refractivity contribution in [1.29, 1.82) is 0 Å². The molecule has 0 aliphatic heterocycles. The van der Waals surface area contributed by atoms with Crippen molar-refractivity contribution in [2.45, 2.75) is 6.42 Å². The summed E-state index contributed by atoms with van der Waals surface area (Å²) in [5, 5.41) is 1.75. The van der Waals surface area contributed by atoms with Gasteiger partial charge in [0.25, 0.3) is 0 Å². The number of fused-ring (bicyclic) bond motifs is 3. The third-order valence-corrected chi connectivity index (χ3v) is 2.84. The summed E-state index contributed by atoms with van der Waals surface area (Å²) in [6.45, 7) is 0. The summed E-state index contributed by atoms with van der Waals surface area (Å²) in [5.74, 6) is 0.0912. The molecule has 0 unspecified atom stereocenters. The van der Waals surface area contributed by atoms with E-state index >= 15 is 0 Å². The number of nitrogen functional groups attached to an aromatic ring is 1. The van der Waals surface area contributed by atoms with Gasteiger partial charge in [0.2, 0.25) is 0 Å². The van der Waals surface area contributed by atoms with Gasteiger partial charge in [0.1, 0.15) is 0 Å². The van der Waals surface area contributed by atoms with Gasteiger partial charge in [-0.25, -0.2) is 0 Å². The van der Waals surface area contributed by atoms with E-state index in [1.54, 1.807) is 6.20 Å². The van der Waals surface area contributed by atoms with Crippen LogP contribution in [0.2, 0.25) is 0 Å². The van der Waals surface area contributed by atoms with Crippen molar-refractivity contribution in [3.05, 3.63) is 41.7 Å². The molecule has 1 aromatic carbocycles. The molecule has 16 heavy (non-hydrogen) atoms. The first-order chi connectivity index (χ1) is 7.77. The fraction of sp³-hybridized carbons (Fsp3) is 0.0769. The first-order valence-electron chi connectivity index (χ1n) is 5.14. The highest BCUT2D eigenvalue weighted by molar-refractivity contribution is 6.15. The molecule has 78 valence electrons. The fourth-order valence-electron chi connectivity index (χ4n) is 2.11. The second-order valence-corrected chi connectivity index (χ2v) is 3.86. The minimum Gasteiger partial charge on any atom is -0.398 e. The van der Waals surface area contributed by atoms with E-state index in [0.29, 0.717) is 17.7 Å². The molecule has 3 heteroatoms. The molecular formula is C13H10N2O. The van der Waals surface area contributed by atoms with Crippen LogP contribution in [0.25, 0.3) is 16.8 Å². The van der Waals surface area contributed by atoms with E-state index < -0.39 is 0 Å². The summed E-state index contributed by atoms with van der Waals surface area (Å²) in [6, 6.07) is 5.60. The predicted molar refractivity (Wildman–Crippen MR) is 64.1 cm³/mol. The van der Waals surface area contributed by atoms with Crippen molar-refractivity contribution >= 4 is 28.3 Å². The van der Waals surface area contributed by atoms with E-state index in [1.165, 1.54) is 0 Å². The Morgan fingerprint density at radius 1 is 1.31 bits per heavy atom. The van der Waals surface area contributed by atoms with Gasteiger partial charge in [-0.15, -0.1) is 0 Å². The van der Waals surface area contributed by atoms with E-state index in [1.807, 2.05) is 30.4 Å². The number of anilines is 1. The zero-order valence-electron chi connectivity index (χ0n) is 8.60. The molecule has 0 saturated carbocycles. The lowest BCUT2D eigenvalue weighted by atomic mass is 9.94. The van der Waals surface area contributed by atoms with Crippen LogP contribution in [0.1, 0.15) is 22.5 Å². The first kappa shape index (κ1) is 9.09. The maximum Gasteiger partial charge on any atom is 0.169 e. The minimum absolute atomic E-state index is 0.0912. The molecule has 0 radical (unpaired) electrons. The number of nitrogens with zero attached hydrogens (tertiary/aromatic N) is 1. The summed E-state index contributed by atoms with van der Waals surface area (Å²) in [7, 11) is 0. The Morgan fingerprint density at radius 2 is 2.19 bits per heavy atom. The van der Waals surface area contributed by atoms with Crippen molar-refractivity contribution in [3.8, 4) is 0 Å². The molecule has 1 aliphatic rings. The molecule has 2 aromatic rings. The van der Waals surface area contributed by atoms with Crippen LogP contribution in [0, 0.1) is 0 Å². The van der Waals surface area contributed by atoms with Crippen molar-refractivity contribution in [2.75, 3.05) is 5.73 Å². The van der Waals surface area contributed by atoms with Gasteiger partial charge in [0.15, 0.2) is 5.78 Å². The van der Waals surface area contributed by atoms with Crippen LogP contribution >= 0.6 is 0 Å². The van der Waals surface area contributed by atoms with E-state index in [-0.39, 0.29) is 5.78 Å². The van der Waals surface area contributed by atoms with Gasteiger partial charge in [0, 0.05) is 29.1 Å². The van der Waals surface area contributed by atoms with Gasteiger partial charge in [-0.1, -0.05) is 18.2 Å². The monoisotopic (exact) mass is 210 g/mol. The van der Waals surface area contributed by atoms with Crippen molar-refractivity contribution in [2.24, 2.45) is 0 Å². The Hall–Kier alpha value is -2.16. The van der Waals surface area contributed by atoms with Gasteiger partial charge in [-0.2, -0.15) is 0 Å². The van der Waals surface area contributed by atoms with Crippen LogP contribution in [-0.2, 0) is 0 Å². The molecule has 1 aliphatic carbocycles. The predicted octanol–water partition coefficient (Wildman–Crippen LogP) is 2.42. The molecule has 3 nitrogen and oxygen atoms in total. The summed E-state index contributed by atoms with van der Waals surface area (Å²) in [5.41, 5.74) is 7.97. The molecule has 1 aromatic heterocycles. The van der Waals surface area contributed by atoms with Crippen molar-refractivity contribution in [3.63, 3.8) is 0 Å². The van der Waals surface area contributed by atoms with Gasteiger partial charge in [-0.05, 0) is 12.1 Å². The van der Waals surface area contributed by atoms with Gasteiger partial charge < -0.3 is 5.73 Å². The molecule has 0 atom stereocenters. The molecule has 0 amide bonds. The third kappa shape index (κ3) is 1.15. The molecular weight excluding hydrogens is 200 g/mol. The third-order valence-electron chi connectivity index (χ3n) is 2.84. The Kier molecular flexibility index (Phi) is 1.80. The van der Waals surface area contributed by atoms with Crippen LogP contribution in [0.5, 0.6) is 0 Å². The highest BCUT2D eigenvalue weighted by Gasteiger charge is 2.18. The number of Topliss-reactive ketones (excluding diaryl/α,β-unsaturated/α-hetero) is 1. The van der Waals surface area contributed by atoms with Crippen LogP contribution in [0.3, 0.4) is 0 Å². The lowest BCUT2D eigenvalue weighted by molar-refractivity contribution is 0.0996. The lowest BCUT2D eigenvalue weighted by Gasteiger charge is -2.12. The second-order valence-electron chi connectivity index (χ2n) is 3.86. The molecule has 2 N–H and O–H groups in total. The molecule has 0 fully saturated rings. The number of carbonyl (C=O) groups excluding carboxylic acids is 1. The number of benzene rings is 1. The summed E-state index contributed by atoms with van der Waals surface area (Å²) in [6.07, 6.45) is 5.90. The van der Waals surface area contributed by atoms with Crippen LogP contribution in [0.15, 0.2) is 30.5 Å². The number of hydrogen-bond donors (Lipinski definition) is 1. The zero-order valence-corrected chi connectivity index (χ0v) is 8.60. The average Bonchev–Trinajstić information content (AvgIpc) is 2.29. The molecule has 0 saturated heterocycles. The fourth-order valence-corrected chi connectivity index (χ4v) is 2.11. The number of carbonyl (C=O) groups is 1. The Labute approximate surface area is 92.6 Å². The smallest absolute Gasteiger partial charge is 0.169 e. The number of nitrogens with two attached hydrogens (primary N) is 1. The highest BCUT2D eigenvalue weighted by Crippen LogP contribution is 2.29. The summed E-state index contributed by atoms with van der Waals surface area (Å²) in [4.78, 5) is 16.2. The quantitative estimate of drug-likeness (QED) is 0.679. The number of pyridine rings is 1. The number of aromatic nitrogens is 1. The Bertz CT molecular complexity index is 629. The highest BCUT2D eigenvalue weighted by atomic mass is 16.1. The SMILES string of the molecule is Nc1cccc2cnc3c(c12)C(=O)CC=C3. The number of ketones is 1. The average molecular weight is 210 g/mol. The van der Waals surface area contributed by atoms with Crippen molar-refractivity contribution in [1.82, 2.24) is 4.98 Å². The molecule has 0 spiro atoms. The number of hydrogen-bond acceptors (Lipinski definition) is 3. The number of allylic oxidation sites excluding steroid dienone is 1. The normalized spacial score (nSPS) is 14.1. The maximum atomic E-state index is 11.9. The summed E-state index contributed by atoms with van der Waals surface area (Å²) < 4.78 is 0. The zero-order chi connectivity index (χ0) is 11.1. The van der Waals surface area contributed by atoms with Crippen LogP contribution in [-0.4, -0.2) is 10.8 Å². The van der Waals surface area contributed by atoms with Crippen LogP contribution < -0.4 is 5.73 Å². The van der Waals surface area contributed by atoms with E-state index in [9.17, 15) is 4.79 Å². The summed E-state index contributed by atoms with van der Waals surface area (Å²) >= 11 is 0. The molecule has 1 heterocycles. The van der Waals surface area contributed by atoms with Crippen LogP contribution in [0.4, 0.5) is 5.69 Å². The van der Waals surface area contributed by atoms with E-state index in [0.717, 1.165) is 16.5 Å². The maximum absolute atomic E-state index is 11.9. The Morgan fingerprint density at radius 3 is 3.06 bits per heavy atom. The molecule has 0 bridgehead atoms. The largest absolute Gasteiger partial charge is 0.398 e. The first-order valence-corrected chi connectivity index (χ1v) is 5.14. The van der Waals surface area contributed by atoms with E-state index in [2.05, 4.69) is 4.98 Å². The second kappa shape index (κ2) is 3.17. The van der Waals surface area contributed by atoms with Gasteiger partial charge in [-0.3, -0.25) is 9.78 Å². The van der Waals surface area contributed by atoms with Crippen molar-refractivity contribution < 1.29 is 4.79 Å². The van der Waals surface area contributed by atoms with Gasteiger partial charge >= 0.3 is 0 Å². The standard InChI is InChI=1S/C13H10N2O/c14-9-4-1-3-8-7-15-10-5-2-6-11(16)13(10)12(8)9/h1-5,7H,6,14H2. The van der Waals surface area contributed by atoms with E-state index in [4.69, 9.17) is 5.73 Å².